The highest BCUT2D eigenvalue weighted by Gasteiger charge is 2.53. The first-order chi connectivity index (χ1) is 55.7. The molecule has 2 fully saturated rings. The van der Waals surface area contributed by atoms with Crippen LogP contribution in [-0.4, -0.2) is 51.6 Å². The molecule has 0 bridgehead atoms. The first-order valence-corrected chi connectivity index (χ1v) is 40.6. The van der Waals surface area contributed by atoms with Crippen molar-refractivity contribution in [1.82, 2.24) is 15.0 Å². The van der Waals surface area contributed by atoms with Crippen LogP contribution in [-0.2, 0) is 29.4 Å². The Balaban J connectivity index is 0.870. The minimum absolute atomic E-state index is 0.0903. The quantitative estimate of drug-likeness (QED) is 0.0892. The number of aromatic nitrogens is 3. The topological polar surface area (TPSA) is 75.6 Å². The highest BCUT2D eigenvalue weighted by molar-refractivity contribution is 6.62. The molecular formula is C107H97B2N3O4. The van der Waals surface area contributed by atoms with Crippen LogP contribution in [0.1, 0.15) is 108 Å². The van der Waals surface area contributed by atoms with Crippen LogP contribution < -0.4 is 10.9 Å². The van der Waals surface area contributed by atoms with Crippen LogP contribution in [0.25, 0.3) is 156 Å². The van der Waals surface area contributed by atoms with Crippen molar-refractivity contribution in [3.8, 4) is 156 Å². The van der Waals surface area contributed by atoms with Crippen molar-refractivity contribution >= 4 is 25.2 Å². The van der Waals surface area contributed by atoms with Crippen LogP contribution in [0.4, 0.5) is 0 Å². The molecule has 0 saturated carbocycles. The summed E-state index contributed by atoms with van der Waals surface area (Å²) in [5.41, 5.74) is 32.0. The Labute approximate surface area is 685 Å². The second-order valence-electron chi connectivity index (χ2n) is 35.2. The molecule has 15 aromatic rings. The molecule has 2 saturated heterocycles. The van der Waals surface area contributed by atoms with E-state index in [4.69, 9.17) is 33.6 Å². The van der Waals surface area contributed by atoms with E-state index in [0.717, 1.165) is 167 Å². The Hall–Kier alpha value is -11.9. The summed E-state index contributed by atoms with van der Waals surface area (Å²) in [5, 5.41) is 0. The molecule has 5 heterocycles. The van der Waals surface area contributed by atoms with E-state index in [0.29, 0.717) is 0 Å². The smallest absolute Gasteiger partial charge is 0.399 e. The van der Waals surface area contributed by atoms with Gasteiger partial charge in [-0.2, -0.15) is 0 Å². The number of hydrogen-bond acceptors (Lipinski definition) is 7. The summed E-state index contributed by atoms with van der Waals surface area (Å²) in [5.74, 6) is 0. The average molecular weight is 1510 g/mol. The second kappa shape index (κ2) is 30.4. The fourth-order valence-electron chi connectivity index (χ4n) is 16.2. The van der Waals surface area contributed by atoms with Gasteiger partial charge in [-0.1, -0.05) is 272 Å². The van der Waals surface area contributed by atoms with Gasteiger partial charge in [0.25, 0.3) is 0 Å². The monoisotopic (exact) mass is 1510 g/mol. The van der Waals surface area contributed by atoms with Crippen molar-refractivity contribution in [3.63, 3.8) is 0 Å². The molecule has 0 N–H and O–H groups in total. The lowest BCUT2D eigenvalue weighted by molar-refractivity contribution is 0.00578. The third kappa shape index (κ3) is 15.2. The SMILES string of the molecule is CC(C)(C)c1ccnc(-c2ccc(-c3ccccc3-c3cc(-c4ccccc4-c4ccc(-c5ccccn5)cc4-c4ccccc4)cc(-c4ccccc4-c4ccc(-c5cc(C(C)(C)C)ccn5)cc4-c4cccc(-c5cccc(B6OC(C)(C)C(C)(C)O6)c5)c4)c3)c(-c3cccc(-c4cccc(B5OC(C)(C)C(C)(C)O5)c4)c3)c2)c1. The van der Waals surface area contributed by atoms with Gasteiger partial charge in [-0.25, -0.2) is 0 Å². The third-order valence-corrected chi connectivity index (χ3v) is 24.3. The van der Waals surface area contributed by atoms with Gasteiger partial charge in [0.15, 0.2) is 0 Å². The van der Waals surface area contributed by atoms with Crippen LogP contribution in [0.3, 0.4) is 0 Å². The fraction of sp³-hybridized carbons (Fsp3) is 0.187. The van der Waals surface area contributed by atoms with Gasteiger partial charge in [0.1, 0.15) is 0 Å². The van der Waals surface area contributed by atoms with Crippen LogP contribution >= 0.6 is 0 Å². The van der Waals surface area contributed by atoms with Gasteiger partial charge in [0.2, 0.25) is 0 Å². The molecule has 7 nitrogen and oxygen atoms in total. The number of pyridine rings is 3. The van der Waals surface area contributed by atoms with E-state index in [1.165, 1.54) is 11.1 Å². The van der Waals surface area contributed by atoms with E-state index in [2.05, 4.69) is 406 Å². The van der Waals surface area contributed by atoms with Gasteiger partial charge in [0, 0.05) is 35.3 Å². The normalized spacial score (nSPS) is 14.9. The molecule has 0 aliphatic carbocycles. The molecule has 2 aliphatic heterocycles. The highest BCUT2D eigenvalue weighted by Crippen LogP contribution is 2.49. The van der Waals surface area contributed by atoms with E-state index >= 15 is 0 Å². The largest absolute Gasteiger partial charge is 0.494 e. The van der Waals surface area contributed by atoms with Crippen LogP contribution in [0, 0.1) is 0 Å². The maximum absolute atomic E-state index is 6.64. The maximum atomic E-state index is 6.64. The van der Waals surface area contributed by atoms with Gasteiger partial charge < -0.3 is 18.6 Å². The summed E-state index contributed by atoms with van der Waals surface area (Å²) >= 11 is 0. The van der Waals surface area contributed by atoms with Gasteiger partial charge in [0.05, 0.1) is 39.5 Å². The standard InChI is InChI=1S/C107H97B2N3O4/c1-102(2,3)83-53-56-111-100(68-83)78-48-51-94(97(66-78)75-36-26-32-71(58-75)73-34-28-38-85(63-73)108-113-104(7,8)105(9,10)114-108)91-44-22-19-41-88(91)81-60-80(87-40-18-21-43-90(87)93-50-47-77(99-46-24-25-55-110-99)65-96(93)70-30-16-15-17-31-70)61-82(62-81)89-42-20-23-45-92(89)95-52-49-79(101-69-84(54-57-112-101)103(4,5)6)67-98(95)76-37-27-33-72(59-76)74-35-29-39-86(64-74)109-115-106(11,12)107(13,14)116-109/h15-69H,1-14H3. The Morgan fingerprint density at radius 3 is 0.871 bits per heavy atom. The van der Waals surface area contributed by atoms with Crippen LogP contribution in [0.15, 0.2) is 334 Å². The molecule has 0 unspecified atom stereocenters. The summed E-state index contributed by atoms with van der Waals surface area (Å²) in [6, 6.07) is 116. The number of rotatable bonds is 16. The number of nitrogens with zero attached hydrogens (tertiary/aromatic N) is 3. The lowest BCUT2D eigenvalue weighted by Gasteiger charge is -2.32. The Morgan fingerprint density at radius 2 is 0.500 bits per heavy atom. The lowest BCUT2D eigenvalue weighted by Crippen LogP contribution is -2.41. The molecule has 570 valence electrons. The molecule has 0 radical (unpaired) electrons. The van der Waals surface area contributed by atoms with E-state index in [-0.39, 0.29) is 10.8 Å². The molecule has 0 spiro atoms. The zero-order valence-corrected chi connectivity index (χ0v) is 68.9. The van der Waals surface area contributed by atoms with Crippen LogP contribution in [0.2, 0.25) is 0 Å². The van der Waals surface area contributed by atoms with Crippen molar-refractivity contribution in [3.05, 3.63) is 345 Å². The van der Waals surface area contributed by atoms with Crippen molar-refractivity contribution in [2.45, 2.75) is 130 Å². The summed E-state index contributed by atoms with van der Waals surface area (Å²) in [6.45, 7) is 30.4. The minimum atomic E-state index is -0.506. The molecular weight excluding hydrogens is 1410 g/mol. The Kier molecular flexibility index (Phi) is 20.1. The van der Waals surface area contributed by atoms with Gasteiger partial charge in [-0.15, -0.1) is 0 Å². The van der Waals surface area contributed by atoms with E-state index in [1.807, 2.05) is 24.7 Å². The molecule has 2 aliphatic rings. The molecule has 9 heteroatoms. The van der Waals surface area contributed by atoms with Crippen molar-refractivity contribution in [1.29, 1.82) is 0 Å². The predicted octanol–water partition coefficient (Wildman–Crippen LogP) is 26.4. The third-order valence-electron chi connectivity index (χ3n) is 24.3. The van der Waals surface area contributed by atoms with Crippen molar-refractivity contribution < 1.29 is 18.6 Å². The average Bonchev–Trinajstić information content (AvgIpc) is 0.934. The van der Waals surface area contributed by atoms with E-state index < -0.39 is 36.6 Å². The molecule has 12 aromatic carbocycles. The summed E-state index contributed by atoms with van der Waals surface area (Å²) < 4.78 is 26.6. The first-order valence-electron chi connectivity index (χ1n) is 40.6. The molecule has 3 aromatic heterocycles. The van der Waals surface area contributed by atoms with Gasteiger partial charge >= 0.3 is 14.2 Å². The summed E-state index contributed by atoms with van der Waals surface area (Å²) in [6.07, 6.45) is 5.78. The zero-order chi connectivity index (χ0) is 80.5. The molecule has 0 atom stereocenters. The minimum Gasteiger partial charge on any atom is -0.399 e. The van der Waals surface area contributed by atoms with E-state index in [9.17, 15) is 0 Å². The summed E-state index contributed by atoms with van der Waals surface area (Å²) in [7, 11) is -1.01. The maximum Gasteiger partial charge on any atom is 0.494 e. The van der Waals surface area contributed by atoms with Gasteiger partial charge in [-0.3, -0.25) is 15.0 Å². The summed E-state index contributed by atoms with van der Waals surface area (Å²) in [4.78, 5) is 15.0. The second-order valence-corrected chi connectivity index (χ2v) is 35.2. The lowest BCUT2D eigenvalue weighted by atomic mass is 9.78. The molecule has 116 heavy (non-hydrogen) atoms. The molecule has 0 amide bonds. The Morgan fingerprint density at radius 1 is 0.207 bits per heavy atom. The van der Waals surface area contributed by atoms with Crippen molar-refractivity contribution in [2.75, 3.05) is 0 Å². The Bertz CT molecular complexity index is 5910. The van der Waals surface area contributed by atoms with Crippen LogP contribution in [0.5, 0.6) is 0 Å². The highest BCUT2D eigenvalue weighted by atomic mass is 16.7. The van der Waals surface area contributed by atoms with Crippen molar-refractivity contribution in [2.24, 2.45) is 0 Å². The predicted molar refractivity (Wildman–Crippen MR) is 485 cm³/mol. The molecule has 17 rings (SSSR count). The number of benzene rings is 12. The fourth-order valence-corrected chi connectivity index (χ4v) is 16.2. The van der Waals surface area contributed by atoms with E-state index in [1.54, 1.807) is 0 Å². The van der Waals surface area contributed by atoms with Gasteiger partial charge in [-0.05, 0) is 296 Å². The zero-order valence-electron chi connectivity index (χ0n) is 68.9. The first kappa shape index (κ1) is 76.7. The number of hydrogen-bond donors (Lipinski definition) is 0.